The van der Waals surface area contributed by atoms with Crippen molar-refractivity contribution in [3.05, 3.63) is 66.5 Å². The minimum atomic E-state index is -0.419. The third-order valence-electron chi connectivity index (χ3n) is 4.04. The number of nitrogens with one attached hydrogen (secondary N) is 2. The van der Waals surface area contributed by atoms with Crippen LogP contribution in [0.5, 0.6) is 0 Å². The largest absolute Gasteiger partial charge is 0.353 e. The zero-order valence-electron chi connectivity index (χ0n) is 12.8. The van der Waals surface area contributed by atoms with E-state index in [1.165, 1.54) is 6.20 Å². The van der Waals surface area contributed by atoms with E-state index >= 15 is 0 Å². The monoisotopic (exact) mass is 322 g/mol. The summed E-state index contributed by atoms with van der Waals surface area (Å²) in [7, 11) is 0. The first kappa shape index (κ1) is 14.4. The summed E-state index contributed by atoms with van der Waals surface area (Å²) in [6.07, 6.45) is 4.54. The van der Waals surface area contributed by atoms with Crippen LogP contribution < -0.4 is 10.6 Å². The highest BCUT2D eigenvalue weighted by molar-refractivity contribution is 6.04. The quantitative estimate of drug-likeness (QED) is 0.778. The van der Waals surface area contributed by atoms with Gasteiger partial charge in [-0.15, -0.1) is 0 Å². The van der Waals surface area contributed by atoms with Crippen molar-refractivity contribution in [2.75, 3.05) is 11.9 Å². The summed E-state index contributed by atoms with van der Waals surface area (Å²) >= 11 is 0. The lowest BCUT2D eigenvalue weighted by Crippen LogP contribution is -2.35. The van der Waals surface area contributed by atoms with Crippen molar-refractivity contribution in [3.8, 4) is 11.1 Å². The number of hydrogen-bond donors (Lipinski definition) is 2. The van der Waals surface area contributed by atoms with E-state index < -0.39 is 5.82 Å². The SMILES string of the molecule is O=C1NCCn2cc(-c3ccncc3F)c(Nc3ccccc3)c21. The first-order chi connectivity index (χ1) is 11.7. The molecule has 0 radical (unpaired) electrons. The first-order valence-corrected chi connectivity index (χ1v) is 7.67. The lowest BCUT2D eigenvalue weighted by Gasteiger charge is -2.17. The molecule has 24 heavy (non-hydrogen) atoms. The summed E-state index contributed by atoms with van der Waals surface area (Å²) in [5, 5.41) is 6.11. The standard InChI is InChI=1S/C18H15FN4O/c19-15-10-20-7-6-13(15)14-11-23-9-8-21-18(24)17(23)16(14)22-12-4-2-1-3-5-12/h1-7,10-11,22H,8-9H2,(H,21,24). The molecular weight excluding hydrogens is 307 g/mol. The minimum absolute atomic E-state index is 0.166. The van der Waals surface area contributed by atoms with E-state index in [1.54, 1.807) is 12.3 Å². The molecule has 0 aliphatic carbocycles. The Labute approximate surface area is 138 Å². The molecule has 5 nitrogen and oxygen atoms in total. The Bertz CT molecular complexity index is 905. The molecule has 1 aliphatic rings. The zero-order chi connectivity index (χ0) is 16.5. The molecular formula is C18H15FN4O. The van der Waals surface area contributed by atoms with Gasteiger partial charge in [0.25, 0.3) is 5.91 Å². The van der Waals surface area contributed by atoms with Crippen molar-refractivity contribution in [1.82, 2.24) is 14.9 Å². The Morgan fingerprint density at radius 1 is 1.17 bits per heavy atom. The van der Waals surface area contributed by atoms with Crippen molar-refractivity contribution in [2.45, 2.75) is 6.54 Å². The fourth-order valence-electron chi connectivity index (χ4n) is 2.94. The van der Waals surface area contributed by atoms with Crippen LogP contribution in [-0.2, 0) is 6.54 Å². The van der Waals surface area contributed by atoms with Crippen LogP contribution in [0.15, 0.2) is 55.0 Å². The normalized spacial score (nSPS) is 13.3. The Kier molecular flexibility index (Phi) is 3.49. The lowest BCUT2D eigenvalue weighted by molar-refractivity contribution is 0.0929. The number of anilines is 2. The van der Waals surface area contributed by atoms with E-state index in [-0.39, 0.29) is 5.91 Å². The number of amides is 1. The fraction of sp³-hybridized carbons (Fsp3) is 0.111. The maximum absolute atomic E-state index is 14.3. The number of aromatic nitrogens is 2. The van der Waals surface area contributed by atoms with Gasteiger partial charge in [0.05, 0.1) is 11.9 Å². The summed E-state index contributed by atoms with van der Waals surface area (Å²) in [5.41, 5.74) is 3.00. The Morgan fingerprint density at radius 3 is 2.79 bits per heavy atom. The Hall–Kier alpha value is -3.15. The van der Waals surface area contributed by atoms with Crippen LogP contribution in [-0.4, -0.2) is 22.0 Å². The van der Waals surface area contributed by atoms with Gasteiger partial charge in [0.1, 0.15) is 11.5 Å². The molecule has 0 saturated heterocycles. The van der Waals surface area contributed by atoms with Gasteiger partial charge < -0.3 is 15.2 Å². The molecule has 0 bridgehead atoms. The predicted octanol–water partition coefficient (Wildman–Crippen LogP) is 3.18. The number of pyridine rings is 1. The summed E-state index contributed by atoms with van der Waals surface area (Å²) in [4.78, 5) is 16.1. The molecule has 6 heteroatoms. The topological polar surface area (TPSA) is 59.0 Å². The van der Waals surface area contributed by atoms with Gasteiger partial charge in [0.15, 0.2) is 0 Å². The van der Waals surface area contributed by atoms with Crippen LogP contribution in [0.4, 0.5) is 15.8 Å². The third-order valence-corrected chi connectivity index (χ3v) is 4.04. The summed E-state index contributed by atoms with van der Waals surface area (Å²) in [6.45, 7) is 1.21. The number of benzene rings is 1. The van der Waals surface area contributed by atoms with Gasteiger partial charge in [-0.05, 0) is 18.2 Å². The Balaban J connectivity index is 1.90. The van der Waals surface area contributed by atoms with Gasteiger partial charge >= 0.3 is 0 Å². The van der Waals surface area contributed by atoms with Crippen LogP contribution in [0, 0.1) is 5.82 Å². The average molecular weight is 322 g/mol. The second-order valence-electron chi connectivity index (χ2n) is 5.56. The van der Waals surface area contributed by atoms with E-state index in [0.717, 1.165) is 5.69 Å². The van der Waals surface area contributed by atoms with Crippen molar-refractivity contribution in [3.63, 3.8) is 0 Å². The Morgan fingerprint density at radius 2 is 2.00 bits per heavy atom. The molecule has 0 unspecified atom stereocenters. The highest BCUT2D eigenvalue weighted by atomic mass is 19.1. The van der Waals surface area contributed by atoms with Gasteiger partial charge in [-0.25, -0.2) is 4.39 Å². The molecule has 1 aromatic carbocycles. The smallest absolute Gasteiger partial charge is 0.270 e. The third kappa shape index (κ3) is 2.42. The molecule has 3 heterocycles. The number of carbonyl (C=O) groups is 1. The van der Waals surface area contributed by atoms with Gasteiger partial charge in [0, 0.05) is 42.3 Å². The molecule has 1 amide bonds. The number of para-hydroxylation sites is 1. The van der Waals surface area contributed by atoms with Gasteiger partial charge in [-0.2, -0.15) is 0 Å². The average Bonchev–Trinajstić information content (AvgIpc) is 2.96. The van der Waals surface area contributed by atoms with Crippen molar-refractivity contribution < 1.29 is 9.18 Å². The van der Waals surface area contributed by atoms with Gasteiger partial charge in [-0.3, -0.25) is 9.78 Å². The summed E-state index contributed by atoms with van der Waals surface area (Å²) in [5.74, 6) is -0.586. The molecule has 0 atom stereocenters. The molecule has 1 aliphatic heterocycles. The van der Waals surface area contributed by atoms with Crippen LogP contribution in [0.2, 0.25) is 0 Å². The van der Waals surface area contributed by atoms with Crippen LogP contribution >= 0.6 is 0 Å². The van der Waals surface area contributed by atoms with Crippen LogP contribution in [0.25, 0.3) is 11.1 Å². The second-order valence-corrected chi connectivity index (χ2v) is 5.56. The molecule has 3 aromatic rings. The number of fused-ring (bicyclic) bond motifs is 1. The molecule has 120 valence electrons. The molecule has 0 fully saturated rings. The minimum Gasteiger partial charge on any atom is -0.353 e. The first-order valence-electron chi connectivity index (χ1n) is 7.67. The molecule has 2 N–H and O–H groups in total. The van der Waals surface area contributed by atoms with E-state index in [0.29, 0.717) is 35.6 Å². The van der Waals surface area contributed by atoms with Gasteiger partial charge in [-0.1, -0.05) is 18.2 Å². The molecule has 0 saturated carbocycles. The van der Waals surface area contributed by atoms with Gasteiger partial charge in [0.2, 0.25) is 0 Å². The van der Waals surface area contributed by atoms with Crippen molar-refractivity contribution >= 4 is 17.3 Å². The number of halogens is 1. The van der Waals surface area contributed by atoms with E-state index in [2.05, 4.69) is 15.6 Å². The summed E-state index contributed by atoms with van der Waals surface area (Å²) in [6, 6.07) is 11.1. The fourth-order valence-corrected chi connectivity index (χ4v) is 2.94. The molecule has 2 aromatic heterocycles. The number of carbonyl (C=O) groups excluding carboxylic acids is 1. The molecule has 4 rings (SSSR count). The summed E-state index contributed by atoms with van der Waals surface area (Å²) < 4.78 is 16.1. The number of hydrogen-bond acceptors (Lipinski definition) is 3. The molecule has 0 spiro atoms. The number of rotatable bonds is 3. The van der Waals surface area contributed by atoms with E-state index in [9.17, 15) is 9.18 Å². The van der Waals surface area contributed by atoms with E-state index in [4.69, 9.17) is 0 Å². The number of nitrogens with zero attached hydrogens (tertiary/aromatic N) is 2. The highest BCUT2D eigenvalue weighted by Gasteiger charge is 2.26. The lowest BCUT2D eigenvalue weighted by atomic mass is 10.1. The van der Waals surface area contributed by atoms with Crippen LogP contribution in [0.1, 0.15) is 10.5 Å². The van der Waals surface area contributed by atoms with Crippen molar-refractivity contribution in [1.29, 1.82) is 0 Å². The van der Waals surface area contributed by atoms with Crippen molar-refractivity contribution in [2.24, 2.45) is 0 Å². The predicted molar refractivity (Wildman–Crippen MR) is 89.7 cm³/mol. The highest BCUT2D eigenvalue weighted by Crippen LogP contribution is 2.37. The van der Waals surface area contributed by atoms with E-state index in [1.807, 2.05) is 41.1 Å². The van der Waals surface area contributed by atoms with Crippen LogP contribution in [0.3, 0.4) is 0 Å². The zero-order valence-corrected chi connectivity index (χ0v) is 12.8. The maximum Gasteiger partial charge on any atom is 0.270 e. The second kappa shape index (κ2) is 5.81. The maximum atomic E-state index is 14.3.